The minimum atomic E-state index is -0.612. The zero-order chi connectivity index (χ0) is 18.6. The Morgan fingerprint density at radius 3 is 2.85 bits per heavy atom. The van der Waals surface area contributed by atoms with Crippen LogP contribution >= 0.6 is 22.9 Å². The average Bonchev–Trinajstić information content (AvgIpc) is 3.42. The molecule has 3 heterocycles. The quantitative estimate of drug-likeness (QED) is 0.689. The molecular formula is C19H17ClN4O2S. The van der Waals surface area contributed by atoms with Crippen LogP contribution in [-0.4, -0.2) is 27.5 Å². The molecule has 0 fully saturated rings. The van der Waals surface area contributed by atoms with E-state index in [1.54, 1.807) is 6.20 Å². The van der Waals surface area contributed by atoms with Crippen LogP contribution in [-0.2, 0) is 22.7 Å². The summed E-state index contributed by atoms with van der Waals surface area (Å²) in [6, 6.07) is 13.6. The maximum atomic E-state index is 12.5. The lowest BCUT2D eigenvalue weighted by molar-refractivity contribution is -0.131. The predicted molar refractivity (Wildman–Crippen MR) is 105 cm³/mol. The first kappa shape index (κ1) is 17.8. The molecule has 27 heavy (non-hydrogen) atoms. The highest BCUT2D eigenvalue weighted by Crippen LogP contribution is 2.26. The third-order valence-corrected chi connectivity index (χ3v) is 5.56. The van der Waals surface area contributed by atoms with E-state index in [0.717, 1.165) is 21.7 Å². The number of amides is 1. The van der Waals surface area contributed by atoms with Crippen molar-refractivity contribution in [2.24, 2.45) is 5.16 Å². The summed E-state index contributed by atoms with van der Waals surface area (Å²) in [4.78, 5) is 18.7. The molecule has 0 spiro atoms. The Balaban J connectivity index is 1.35. The number of benzene rings is 1. The van der Waals surface area contributed by atoms with E-state index in [4.69, 9.17) is 16.4 Å². The molecule has 1 aromatic carbocycles. The molecule has 8 heteroatoms. The molecule has 1 unspecified atom stereocenters. The van der Waals surface area contributed by atoms with Gasteiger partial charge in [-0.1, -0.05) is 41.0 Å². The standard InChI is InChI=1S/C19H17ClN4O2S/c20-18-7-6-17(27-18)15-10-16(26-23-15)19(25)21-11-13-4-1-2-5-14(13)12-24-9-3-8-22-24/h1-9,16H,10-12H2,(H,21,25). The molecule has 0 aliphatic carbocycles. The minimum Gasteiger partial charge on any atom is -0.382 e. The van der Waals surface area contributed by atoms with E-state index in [2.05, 4.69) is 15.6 Å². The van der Waals surface area contributed by atoms with Gasteiger partial charge in [-0.05, 0) is 29.3 Å². The molecule has 0 radical (unpaired) electrons. The summed E-state index contributed by atoms with van der Waals surface area (Å²) in [6.45, 7) is 1.08. The van der Waals surface area contributed by atoms with Crippen molar-refractivity contribution >= 4 is 34.6 Å². The molecule has 2 aromatic heterocycles. The van der Waals surface area contributed by atoms with Crippen LogP contribution in [0.2, 0.25) is 4.34 Å². The topological polar surface area (TPSA) is 68.5 Å². The van der Waals surface area contributed by atoms with E-state index in [-0.39, 0.29) is 5.91 Å². The number of carbonyl (C=O) groups excluding carboxylic acids is 1. The number of oxime groups is 1. The van der Waals surface area contributed by atoms with Crippen molar-refractivity contribution in [1.29, 1.82) is 0 Å². The van der Waals surface area contributed by atoms with Crippen LogP contribution in [0.3, 0.4) is 0 Å². The van der Waals surface area contributed by atoms with E-state index >= 15 is 0 Å². The molecule has 1 N–H and O–H groups in total. The molecule has 1 amide bonds. The van der Waals surface area contributed by atoms with Crippen molar-refractivity contribution in [3.05, 3.63) is 75.2 Å². The van der Waals surface area contributed by atoms with Crippen LogP contribution in [0.15, 0.2) is 60.0 Å². The van der Waals surface area contributed by atoms with Gasteiger partial charge < -0.3 is 10.2 Å². The van der Waals surface area contributed by atoms with E-state index in [0.29, 0.717) is 23.8 Å². The smallest absolute Gasteiger partial charge is 0.264 e. The van der Waals surface area contributed by atoms with Gasteiger partial charge in [0.25, 0.3) is 5.91 Å². The fourth-order valence-electron chi connectivity index (χ4n) is 2.88. The number of hydrogen-bond donors (Lipinski definition) is 1. The van der Waals surface area contributed by atoms with Crippen molar-refractivity contribution in [2.75, 3.05) is 0 Å². The summed E-state index contributed by atoms with van der Waals surface area (Å²) in [5, 5.41) is 11.2. The van der Waals surface area contributed by atoms with Gasteiger partial charge in [-0.2, -0.15) is 5.10 Å². The van der Waals surface area contributed by atoms with Gasteiger partial charge in [0.2, 0.25) is 6.10 Å². The average molecular weight is 401 g/mol. The third-order valence-electron chi connectivity index (χ3n) is 4.28. The predicted octanol–water partition coefficient (Wildman–Crippen LogP) is 3.46. The second kappa shape index (κ2) is 7.94. The summed E-state index contributed by atoms with van der Waals surface area (Å²) < 4.78 is 2.54. The molecule has 3 aromatic rings. The summed E-state index contributed by atoms with van der Waals surface area (Å²) >= 11 is 7.39. The lowest BCUT2D eigenvalue weighted by Crippen LogP contribution is -2.34. The number of halogens is 1. The highest BCUT2D eigenvalue weighted by molar-refractivity contribution is 7.18. The molecule has 6 nitrogen and oxygen atoms in total. The second-order valence-electron chi connectivity index (χ2n) is 6.13. The molecule has 1 aliphatic heterocycles. The monoisotopic (exact) mass is 400 g/mol. The van der Waals surface area contributed by atoms with Gasteiger partial charge in [-0.15, -0.1) is 11.3 Å². The first-order valence-corrected chi connectivity index (χ1v) is 9.69. The normalized spacial score (nSPS) is 16.0. The van der Waals surface area contributed by atoms with Crippen LogP contribution in [0.25, 0.3) is 0 Å². The summed E-state index contributed by atoms with van der Waals surface area (Å²) in [7, 11) is 0. The zero-order valence-electron chi connectivity index (χ0n) is 14.3. The summed E-state index contributed by atoms with van der Waals surface area (Å²) in [6.07, 6.45) is 3.49. The fraction of sp³-hybridized carbons (Fsp3) is 0.211. The van der Waals surface area contributed by atoms with Crippen LogP contribution in [0.5, 0.6) is 0 Å². The van der Waals surface area contributed by atoms with Gasteiger partial charge in [0.1, 0.15) is 5.71 Å². The Hall–Kier alpha value is -2.64. The largest absolute Gasteiger partial charge is 0.382 e. The minimum absolute atomic E-state index is 0.176. The fourth-order valence-corrected chi connectivity index (χ4v) is 3.91. The van der Waals surface area contributed by atoms with Crippen LogP contribution < -0.4 is 5.32 Å². The Labute approximate surface area is 165 Å². The van der Waals surface area contributed by atoms with E-state index in [1.165, 1.54) is 11.3 Å². The Morgan fingerprint density at radius 1 is 1.26 bits per heavy atom. The molecule has 4 rings (SSSR count). The van der Waals surface area contributed by atoms with Crippen LogP contribution in [0.1, 0.15) is 22.4 Å². The zero-order valence-corrected chi connectivity index (χ0v) is 15.9. The highest BCUT2D eigenvalue weighted by Gasteiger charge is 2.29. The number of hydrogen-bond acceptors (Lipinski definition) is 5. The van der Waals surface area contributed by atoms with Crippen molar-refractivity contribution < 1.29 is 9.63 Å². The maximum Gasteiger partial charge on any atom is 0.264 e. The molecule has 1 aliphatic rings. The van der Waals surface area contributed by atoms with Gasteiger partial charge in [-0.25, -0.2) is 0 Å². The third kappa shape index (κ3) is 4.20. The SMILES string of the molecule is O=C(NCc1ccccc1Cn1cccn1)C1CC(c2ccc(Cl)s2)=NO1. The van der Waals surface area contributed by atoms with Crippen LogP contribution in [0, 0.1) is 0 Å². The van der Waals surface area contributed by atoms with Crippen molar-refractivity contribution in [3.63, 3.8) is 0 Å². The molecular weight excluding hydrogens is 384 g/mol. The number of nitrogens with one attached hydrogen (secondary N) is 1. The van der Waals surface area contributed by atoms with E-state index in [1.807, 2.05) is 53.3 Å². The second-order valence-corrected chi connectivity index (χ2v) is 7.85. The van der Waals surface area contributed by atoms with E-state index < -0.39 is 6.10 Å². The number of rotatable bonds is 6. The Bertz CT molecular complexity index is 968. The van der Waals surface area contributed by atoms with Gasteiger partial charge >= 0.3 is 0 Å². The Kier molecular flexibility index (Phi) is 5.22. The number of aromatic nitrogens is 2. The molecule has 0 saturated carbocycles. The first-order chi connectivity index (χ1) is 13.2. The van der Waals surface area contributed by atoms with Crippen molar-refractivity contribution in [1.82, 2.24) is 15.1 Å². The number of thiophene rings is 1. The Morgan fingerprint density at radius 2 is 2.11 bits per heavy atom. The first-order valence-electron chi connectivity index (χ1n) is 8.49. The molecule has 0 bridgehead atoms. The molecule has 138 valence electrons. The van der Waals surface area contributed by atoms with E-state index in [9.17, 15) is 4.79 Å². The van der Waals surface area contributed by atoms with Crippen molar-refractivity contribution in [3.8, 4) is 0 Å². The summed E-state index contributed by atoms with van der Waals surface area (Å²) in [5.74, 6) is -0.176. The van der Waals surface area contributed by atoms with Gasteiger partial charge in [0.05, 0.1) is 15.8 Å². The lowest BCUT2D eigenvalue weighted by Gasteiger charge is -2.13. The number of carbonyl (C=O) groups is 1. The van der Waals surface area contributed by atoms with Crippen molar-refractivity contribution in [2.45, 2.75) is 25.6 Å². The molecule has 1 atom stereocenters. The molecule has 0 saturated heterocycles. The number of nitrogens with zero attached hydrogens (tertiary/aromatic N) is 3. The summed E-state index contributed by atoms with van der Waals surface area (Å²) in [5.41, 5.74) is 2.91. The highest BCUT2D eigenvalue weighted by atomic mass is 35.5. The maximum absolute atomic E-state index is 12.5. The van der Waals surface area contributed by atoms with Gasteiger partial charge in [-0.3, -0.25) is 9.48 Å². The van der Waals surface area contributed by atoms with Crippen LogP contribution in [0.4, 0.5) is 0 Å². The lowest BCUT2D eigenvalue weighted by atomic mass is 10.1. The van der Waals surface area contributed by atoms with Gasteiger partial charge in [0, 0.05) is 25.4 Å². The van der Waals surface area contributed by atoms with Gasteiger partial charge in [0.15, 0.2) is 0 Å².